The number of hydrogen-bond donors (Lipinski definition) is 1. The van der Waals surface area contributed by atoms with Gasteiger partial charge >= 0.3 is 11.9 Å². The van der Waals surface area contributed by atoms with Gasteiger partial charge in [-0.05, 0) is 39.3 Å². The number of halogens is 1. The average molecular weight is 416 g/mol. The van der Waals surface area contributed by atoms with Gasteiger partial charge in [0.2, 0.25) is 0 Å². The summed E-state index contributed by atoms with van der Waals surface area (Å²) >= 11 is 3.25. The van der Waals surface area contributed by atoms with Crippen LogP contribution < -0.4 is 5.43 Å². The van der Waals surface area contributed by atoms with Crippen molar-refractivity contribution in [3.63, 3.8) is 0 Å². The number of rotatable bonds is 7. The number of nitrogens with zero attached hydrogens (tertiary/aromatic N) is 2. The number of carbonyl (C=O) groups excluding carboxylic acids is 2. The van der Waals surface area contributed by atoms with Crippen LogP contribution in [0.15, 0.2) is 15.6 Å². The first-order valence-corrected chi connectivity index (χ1v) is 8.15. The lowest BCUT2D eigenvalue weighted by atomic mass is 10.1. The Labute approximate surface area is 152 Å². The summed E-state index contributed by atoms with van der Waals surface area (Å²) in [6.45, 7) is 6.40. The van der Waals surface area contributed by atoms with Crippen LogP contribution in [0.4, 0.5) is 11.4 Å². The van der Waals surface area contributed by atoms with Crippen LogP contribution in [0, 0.1) is 24.0 Å². The molecule has 0 radical (unpaired) electrons. The van der Waals surface area contributed by atoms with E-state index >= 15 is 0 Å². The highest BCUT2D eigenvalue weighted by Crippen LogP contribution is 2.36. The van der Waals surface area contributed by atoms with E-state index in [0.29, 0.717) is 15.6 Å². The minimum atomic E-state index is -0.984. The highest BCUT2D eigenvalue weighted by Gasteiger charge is 2.26. The summed E-state index contributed by atoms with van der Waals surface area (Å²) in [5, 5.41) is 15.1. The van der Waals surface area contributed by atoms with Crippen LogP contribution in [0.25, 0.3) is 0 Å². The third-order valence-corrected chi connectivity index (χ3v) is 3.91. The van der Waals surface area contributed by atoms with Gasteiger partial charge in [-0.25, -0.2) is 9.59 Å². The third-order valence-electron chi connectivity index (χ3n) is 3.09. The molecule has 0 aliphatic carbocycles. The molecule has 0 aliphatic rings. The molecule has 0 aliphatic heterocycles. The predicted molar refractivity (Wildman–Crippen MR) is 94.6 cm³/mol. The van der Waals surface area contributed by atoms with Crippen molar-refractivity contribution in [1.82, 2.24) is 0 Å². The van der Waals surface area contributed by atoms with Crippen molar-refractivity contribution in [3.8, 4) is 0 Å². The van der Waals surface area contributed by atoms with Gasteiger partial charge in [0.05, 0.1) is 18.1 Å². The number of benzene rings is 1. The van der Waals surface area contributed by atoms with Gasteiger partial charge < -0.3 is 9.47 Å². The molecule has 1 aromatic carbocycles. The monoisotopic (exact) mass is 415 g/mol. The van der Waals surface area contributed by atoms with E-state index in [9.17, 15) is 19.7 Å². The van der Waals surface area contributed by atoms with E-state index in [4.69, 9.17) is 9.47 Å². The van der Waals surface area contributed by atoms with Crippen LogP contribution >= 0.6 is 15.9 Å². The standard InChI is InChI=1S/C15H18BrN3O6/c1-5-24-14(20)12(15(21)25-6-2)18-17-11-8(3)7-10(16)9(4)13(11)19(22)23/h7,17H,5-6H2,1-4H3. The predicted octanol–water partition coefficient (Wildman–Crippen LogP) is 2.87. The molecule has 1 N–H and O–H groups in total. The molecule has 0 saturated heterocycles. The Hall–Kier alpha value is -2.49. The fourth-order valence-electron chi connectivity index (χ4n) is 1.91. The Kier molecular flexibility index (Phi) is 7.49. The number of carbonyl (C=O) groups is 2. The number of nitro groups is 1. The lowest BCUT2D eigenvalue weighted by molar-refractivity contribution is -0.384. The van der Waals surface area contributed by atoms with Crippen molar-refractivity contribution in [1.29, 1.82) is 0 Å². The second kappa shape index (κ2) is 9.11. The molecule has 1 aromatic rings. The van der Waals surface area contributed by atoms with E-state index in [1.807, 2.05) is 0 Å². The minimum absolute atomic E-state index is 0.0355. The van der Waals surface area contributed by atoms with E-state index < -0.39 is 22.6 Å². The molecule has 9 nitrogen and oxygen atoms in total. The van der Waals surface area contributed by atoms with Crippen molar-refractivity contribution in [2.45, 2.75) is 27.7 Å². The van der Waals surface area contributed by atoms with Crippen LogP contribution in [0.1, 0.15) is 25.0 Å². The summed E-state index contributed by atoms with van der Waals surface area (Å²) in [5.41, 5.74) is 2.53. The molecule has 0 unspecified atom stereocenters. The largest absolute Gasteiger partial charge is 0.461 e. The minimum Gasteiger partial charge on any atom is -0.461 e. The maximum atomic E-state index is 11.9. The first kappa shape index (κ1) is 20.6. The fourth-order valence-corrected chi connectivity index (χ4v) is 2.44. The van der Waals surface area contributed by atoms with Gasteiger partial charge in [-0.15, -0.1) is 0 Å². The van der Waals surface area contributed by atoms with Crippen LogP contribution in [-0.2, 0) is 19.1 Å². The zero-order chi connectivity index (χ0) is 19.1. The normalized spacial score (nSPS) is 9.96. The Morgan fingerprint density at radius 2 is 1.76 bits per heavy atom. The van der Waals surface area contributed by atoms with E-state index in [1.54, 1.807) is 33.8 Å². The molecule has 0 atom stereocenters. The number of aryl methyl sites for hydroxylation is 1. The second-order valence-electron chi connectivity index (χ2n) is 4.79. The molecule has 0 saturated carbocycles. The Bertz CT molecular complexity index is 712. The molecule has 0 heterocycles. The van der Waals surface area contributed by atoms with E-state index in [2.05, 4.69) is 26.5 Å². The summed E-state index contributed by atoms with van der Waals surface area (Å²) < 4.78 is 10.1. The Morgan fingerprint density at radius 3 is 2.20 bits per heavy atom. The van der Waals surface area contributed by atoms with Crippen LogP contribution in [0.3, 0.4) is 0 Å². The maximum Gasteiger partial charge on any atom is 0.366 e. The number of ether oxygens (including phenoxy) is 2. The molecule has 0 bridgehead atoms. The van der Waals surface area contributed by atoms with E-state index in [-0.39, 0.29) is 24.6 Å². The van der Waals surface area contributed by atoms with Crippen LogP contribution in [-0.4, -0.2) is 35.8 Å². The molecule has 0 spiro atoms. The number of nitro benzene ring substituents is 1. The fraction of sp³-hybridized carbons (Fsp3) is 0.400. The molecule has 0 amide bonds. The molecule has 136 valence electrons. The Morgan fingerprint density at radius 1 is 1.24 bits per heavy atom. The topological polar surface area (TPSA) is 120 Å². The number of hydrazone groups is 1. The zero-order valence-electron chi connectivity index (χ0n) is 14.2. The first-order chi connectivity index (χ1) is 11.7. The van der Waals surface area contributed by atoms with Gasteiger partial charge in [0.25, 0.3) is 11.4 Å². The van der Waals surface area contributed by atoms with Crippen molar-refractivity contribution in [3.05, 3.63) is 31.8 Å². The van der Waals surface area contributed by atoms with Crippen molar-refractivity contribution in [2.75, 3.05) is 18.6 Å². The van der Waals surface area contributed by atoms with E-state index in [1.165, 1.54) is 0 Å². The lowest BCUT2D eigenvalue weighted by Crippen LogP contribution is -2.29. The van der Waals surface area contributed by atoms with Gasteiger partial charge in [-0.1, -0.05) is 15.9 Å². The maximum absolute atomic E-state index is 11.9. The van der Waals surface area contributed by atoms with Crippen molar-refractivity contribution < 1.29 is 24.0 Å². The number of esters is 2. The van der Waals surface area contributed by atoms with Gasteiger partial charge in [0.15, 0.2) is 0 Å². The average Bonchev–Trinajstić information content (AvgIpc) is 2.52. The summed E-state index contributed by atoms with van der Waals surface area (Å²) in [4.78, 5) is 34.5. The molecule has 10 heteroatoms. The summed E-state index contributed by atoms with van der Waals surface area (Å²) in [6.07, 6.45) is 0. The molecule has 0 fully saturated rings. The number of anilines is 1. The van der Waals surface area contributed by atoms with Crippen molar-refractivity contribution >= 4 is 45.0 Å². The highest BCUT2D eigenvalue weighted by molar-refractivity contribution is 9.10. The van der Waals surface area contributed by atoms with Crippen molar-refractivity contribution in [2.24, 2.45) is 5.10 Å². The molecular formula is C15H18BrN3O6. The van der Waals surface area contributed by atoms with E-state index in [0.717, 1.165) is 0 Å². The van der Waals surface area contributed by atoms with Crippen LogP contribution in [0.2, 0.25) is 0 Å². The molecule has 1 rings (SSSR count). The lowest BCUT2D eigenvalue weighted by Gasteiger charge is -2.11. The number of nitrogens with one attached hydrogen (secondary N) is 1. The second-order valence-corrected chi connectivity index (χ2v) is 5.65. The zero-order valence-corrected chi connectivity index (χ0v) is 15.8. The Balaban J connectivity index is 3.36. The number of hydrogen-bond acceptors (Lipinski definition) is 8. The van der Waals surface area contributed by atoms with Gasteiger partial charge in [-0.3, -0.25) is 15.5 Å². The van der Waals surface area contributed by atoms with Gasteiger partial charge in [0, 0.05) is 10.0 Å². The third kappa shape index (κ3) is 4.99. The summed E-state index contributed by atoms with van der Waals surface area (Å²) in [6, 6.07) is 1.66. The molecule has 25 heavy (non-hydrogen) atoms. The van der Waals surface area contributed by atoms with Crippen LogP contribution in [0.5, 0.6) is 0 Å². The highest BCUT2D eigenvalue weighted by atomic mass is 79.9. The van der Waals surface area contributed by atoms with Gasteiger partial charge in [0.1, 0.15) is 5.69 Å². The molecular weight excluding hydrogens is 398 g/mol. The summed E-state index contributed by atoms with van der Waals surface area (Å²) in [7, 11) is 0. The smallest absolute Gasteiger partial charge is 0.366 e. The molecule has 0 aromatic heterocycles. The quantitative estimate of drug-likeness (QED) is 0.239. The van der Waals surface area contributed by atoms with Gasteiger partial charge in [-0.2, -0.15) is 5.10 Å². The summed E-state index contributed by atoms with van der Waals surface area (Å²) in [5.74, 6) is -1.97. The first-order valence-electron chi connectivity index (χ1n) is 7.36. The SMILES string of the molecule is CCOC(=O)C(=NNc1c(C)cc(Br)c(C)c1[N+](=O)[O-])C(=O)OCC.